The van der Waals surface area contributed by atoms with E-state index in [0.29, 0.717) is 32.3 Å². The van der Waals surface area contributed by atoms with Crippen LogP contribution < -0.4 is 0 Å². The van der Waals surface area contributed by atoms with E-state index >= 15 is 0 Å². The van der Waals surface area contributed by atoms with Crippen LogP contribution in [-0.2, 0) is 39.7 Å². The summed E-state index contributed by atoms with van der Waals surface area (Å²) in [7, 11) is -4.37. The van der Waals surface area contributed by atoms with E-state index in [9.17, 15) is 22.2 Å². The van der Waals surface area contributed by atoms with Crippen molar-refractivity contribution in [1.29, 1.82) is 0 Å². The fraction of sp³-hybridized carbons (Fsp3) is 0.333. The SMILES string of the molecule is CC1(C)CCS(=S=O)c2c1ccc(C(=O)C1=C(S(=O)(=O)c3ccc(Cl)cc3)CCCC1=O)c2Cl. The van der Waals surface area contributed by atoms with Gasteiger partial charge >= 0.3 is 0 Å². The van der Waals surface area contributed by atoms with E-state index in [1.54, 1.807) is 12.1 Å². The number of carbonyl (C=O) groups excluding carboxylic acids is 2. The second-order valence-corrected chi connectivity index (χ2v) is 15.0. The lowest BCUT2D eigenvalue weighted by Crippen LogP contribution is -2.29. The molecule has 0 fully saturated rings. The van der Waals surface area contributed by atoms with Crippen molar-refractivity contribution in [3.63, 3.8) is 0 Å². The molecule has 0 bridgehead atoms. The molecule has 1 atom stereocenters. The maximum atomic E-state index is 13.7. The number of carbonyl (C=O) groups is 2. The maximum absolute atomic E-state index is 13.7. The van der Waals surface area contributed by atoms with Crippen molar-refractivity contribution >= 4 is 64.3 Å². The van der Waals surface area contributed by atoms with Crippen molar-refractivity contribution < 1.29 is 22.2 Å². The molecule has 5 nitrogen and oxygen atoms in total. The van der Waals surface area contributed by atoms with Crippen molar-refractivity contribution in [2.45, 2.75) is 54.7 Å². The Hall–Kier alpha value is -1.58. The molecule has 10 heteroatoms. The lowest BCUT2D eigenvalue weighted by molar-refractivity contribution is -0.115. The van der Waals surface area contributed by atoms with Crippen LogP contribution in [0.2, 0.25) is 10.0 Å². The zero-order chi connectivity index (χ0) is 24.8. The van der Waals surface area contributed by atoms with Crippen molar-refractivity contribution in [3.05, 3.63) is 68.0 Å². The summed E-state index contributed by atoms with van der Waals surface area (Å²) in [6.07, 6.45) is 1.31. The van der Waals surface area contributed by atoms with Gasteiger partial charge in [0.05, 0.1) is 20.4 Å². The van der Waals surface area contributed by atoms with Crippen molar-refractivity contribution in [2.24, 2.45) is 0 Å². The molecule has 2 aliphatic rings. The highest BCUT2D eigenvalue weighted by atomic mass is 35.5. The molecule has 34 heavy (non-hydrogen) atoms. The van der Waals surface area contributed by atoms with Gasteiger partial charge < -0.3 is 0 Å². The minimum atomic E-state index is -4.09. The normalized spacial score (nSPS) is 20.1. The van der Waals surface area contributed by atoms with Gasteiger partial charge in [0.25, 0.3) is 0 Å². The monoisotopic (exact) mass is 556 g/mol. The Balaban J connectivity index is 1.92. The topological polar surface area (TPSA) is 85.3 Å². The van der Waals surface area contributed by atoms with Gasteiger partial charge in [0.1, 0.15) is 10.2 Å². The first kappa shape index (κ1) is 25.5. The van der Waals surface area contributed by atoms with Crippen LogP contribution in [-0.4, -0.2) is 29.9 Å². The molecule has 0 spiro atoms. The van der Waals surface area contributed by atoms with Crippen LogP contribution in [0.5, 0.6) is 0 Å². The Morgan fingerprint density at radius 1 is 1.06 bits per heavy atom. The molecule has 1 aliphatic carbocycles. The molecule has 2 aromatic rings. The van der Waals surface area contributed by atoms with Gasteiger partial charge in [0.15, 0.2) is 11.6 Å². The Kier molecular flexibility index (Phi) is 7.10. The summed E-state index contributed by atoms with van der Waals surface area (Å²) in [6, 6.07) is 8.95. The lowest BCUT2D eigenvalue weighted by atomic mass is 9.81. The van der Waals surface area contributed by atoms with Gasteiger partial charge in [-0.05, 0) is 60.6 Å². The lowest BCUT2D eigenvalue weighted by Gasteiger charge is -2.34. The van der Waals surface area contributed by atoms with Crippen LogP contribution in [0.25, 0.3) is 0 Å². The first-order chi connectivity index (χ1) is 16.0. The molecular weight excluding hydrogens is 535 g/mol. The molecule has 180 valence electrons. The third-order valence-electron chi connectivity index (χ3n) is 6.33. The largest absolute Gasteiger partial charge is 0.294 e. The van der Waals surface area contributed by atoms with Gasteiger partial charge in [-0.3, -0.25) is 9.59 Å². The van der Waals surface area contributed by atoms with E-state index < -0.39 is 30.9 Å². The number of hydrogen-bond donors (Lipinski definition) is 0. The molecule has 1 heterocycles. The second kappa shape index (κ2) is 9.47. The number of hydrogen-bond acceptors (Lipinski definition) is 5. The van der Waals surface area contributed by atoms with Crippen molar-refractivity contribution in [2.75, 3.05) is 5.75 Å². The number of Topliss-reactive ketones (excluding diaryl/α,β-unsaturated/α-hetero) is 2. The molecule has 0 N–H and O–H groups in total. The van der Waals surface area contributed by atoms with E-state index in [2.05, 4.69) is 13.8 Å². The molecule has 1 unspecified atom stereocenters. The van der Waals surface area contributed by atoms with E-state index in [-0.39, 0.29) is 44.2 Å². The predicted molar refractivity (Wildman–Crippen MR) is 137 cm³/mol. The highest BCUT2D eigenvalue weighted by Gasteiger charge is 2.38. The van der Waals surface area contributed by atoms with Crippen molar-refractivity contribution in [1.82, 2.24) is 0 Å². The molecule has 0 saturated heterocycles. The fourth-order valence-electron chi connectivity index (χ4n) is 4.37. The van der Waals surface area contributed by atoms with Crippen molar-refractivity contribution in [3.8, 4) is 0 Å². The Morgan fingerprint density at radius 2 is 1.74 bits per heavy atom. The smallest absolute Gasteiger partial charge is 0.203 e. The standard InChI is InChI=1S/C24H22Cl2O5S3/c1-24(2)12-13-33(32-29)23-17(24)11-10-16(21(23)26)22(28)20-18(27)4-3-5-19(20)34(30,31)15-8-6-14(25)7-9-15/h6-11H,3-5,12-13H2,1-2H3. The molecular formula is C24H22Cl2O5S3. The molecule has 0 amide bonds. The summed E-state index contributed by atoms with van der Waals surface area (Å²) >= 11 is 12.6. The highest BCUT2D eigenvalue weighted by molar-refractivity contribution is 8.31. The number of fused-ring (bicyclic) bond motifs is 1. The number of rotatable bonds is 4. The summed E-state index contributed by atoms with van der Waals surface area (Å²) in [5, 5.41) is 0.510. The predicted octanol–water partition coefficient (Wildman–Crippen LogP) is 5.44. The molecule has 4 rings (SSSR count). The molecule has 0 radical (unpaired) electrons. The summed E-state index contributed by atoms with van der Waals surface area (Å²) in [4.78, 5) is 27.0. The molecule has 2 aromatic carbocycles. The van der Waals surface area contributed by atoms with E-state index in [1.165, 1.54) is 24.3 Å². The summed E-state index contributed by atoms with van der Waals surface area (Å²) < 4.78 is 38.7. The Bertz CT molecular complexity index is 1420. The van der Waals surface area contributed by atoms with Gasteiger partial charge in [0.2, 0.25) is 9.84 Å². The zero-order valence-electron chi connectivity index (χ0n) is 18.5. The molecule has 0 saturated carbocycles. The fourth-order valence-corrected chi connectivity index (χ4v) is 9.94. The minimum absolute atomic E-state index is 0.0329. The first-order valence-electron chi connectivity index (χ1n) is 10.6. The average Bonchev–Trinajstić information content (AvgIpc) is 2.79. The molecule has 0 aromatic heterocycles. The van der Waals surface area contributed by atoms with E-state index in [4.69, 9.17) is 23.2 Å². The highest BCUT2D eigenvalue weighted by Crippen LogP contribution is 2.43. The third kappa shape index (κ3) is 4.39. The number of ketones is 2. The summed E-state index contributed by atoms with van der Waals surface area (Å²) in [5.74, 6) is -0.591. The van der Waals surface area contributed by atoms with Crippen LogP contribution in [0.4, 0.5) is 0 Å². The quantitative estimate of drug-likeness (QED) is 0.369. The van der Waals surface area contributed by atoms with Gasteiger partial charge in [-0.25, -0.2) is 12.6 Å². The maximum Gasteiger partial charge on any atom is 0.203 e. The Morgan fingerprint density at radius 3 is 2.38 bits per heavy atom. The van der Waals surface area contributed by atoms with Gasteiger partial charge in [-0.15, -0.1) is 0 Å². The van der Waals surface area contributed by atoms with Crippen LogP contribution in [0.1, 0.15) is 55.5 Å². The van der Waals surface area contributed by atoms with Gasteiger partial charge in [0, 0.05) is 27.7 Å². The summed E-state index contributed by atoms with van der Waals surface area (Å²) in [5.41, 5.74) is 0.402. The van der Waals surface area contributed by atoms with E-state index in [0.717, 1.165) is 12.0 Å². The summed E-state index contributed by atoms with van der Waals surface area (Å²) in [6.45, 7) is 4.12. The number of sulfone groups is 1. The Labute approximate surface area is 214 Å². The number of allylic oxidation sites excluding steroid dienone is 2. The van der Waals surface area contributed by atoms with Gasteiger partial charge in [-0.1, -0.05) is 52.6 Å². The third-order valence-corrected chi connectivity index (χ3v) is 12.2. The van der Waals surface area contributed by atoms with Gasteiger partial charge in [-0.2, -0.15) is 0 Å². The average molecular weight is 558 g/mol. The van der Waals surface area contributed by atoms with Crippen LogP contribution in [0.15, 0.2) is 56.7 Å². The molecule has 1 aliphatic heterocycles. The number of benzene rings is 2. The van der Waals surface area contributed by atoms with Crippen LogP contribution >= 0.6 is 23.2 Å². The second-order valence-electron chi connectivity index (χ2n) is 8.92. The van der Waals surface area contributed by atoms with Crippen LogP contribution in [0, 0.1) is 0 Å². The van der Waals surface area contributed by atoms with E-state index in [1.807, 2.05) is 0 Å². The first-order valence-corrected chi connectivity index (χ1v) is 15.5. The minimum Gasteiger partial charge on any atom is -0.294 e. The van der Waals surface area contributed by atoms with Crippen LogP contribution in [0.3, 0.4) is 0 Å². The number of halogens is 2. The zero-order valence-corrected chi connectivity index (χ0v) is 22.5.